The van der Waals surface area contributed by atoms with Crippen LogP contribution in [0.3, 0.4) is 0 Å². The average Bonchev–Trinajstić information content (AvgIpc) is 3.17. The molecule has 0 atom stereocenters. The van der Waals surface area contributed by atoms with E-state index >= 15 is 0 Å². The molecule has 2 aromatic carbocycles. The zero-order chi connectivity index (χ0) is 18.7. The number of hydrogen-bond acceptors (Lipinski definition) is 5. The summed E-state index contributed by atoms with van der Waals surface area (Å²) in [6, 6.07) is 10.5. The largest absolute Gasteiger partial charge is 0.507 e. The second-order valence-electron chi connectivity index (χ2n) is 5.98. The molecule has 0 radical (unpaired) electrons. The minimum absolute atomic E-state index is 0.00649. The van der Waals surface area contributed by atoms with Gasteiger partial charge in [0.2, 0.25) is 10.0 Å². The van der Waals surface area contributed by atoms with Crippen molar-refractivity contribution in [2.45, 2.75) is 17.7 Å². The summed E-state index contributed by atoms with van der Waals surface area (Å²) in [5.41, 5.74) is 0.370. The van der Waals surface area contributed by atoms with E-state index in [1.165, 1.54) is 29.6 Å². The maximum absolute atomic E-state index is 12.7. The van der Waals surface area contributed by atoms with Crippen LogP contribution in [0.15, 0.2) is 47.4 Å². The van der Waals surface area contributed by atoms with Crippen molar-refractivity contribution >= 4 is 21.6 Å². The van der Waals surface area contributed by atoms with Crippen LogP contribution >= 0.6 is 0 Å². The van der Waals surface area contributed by atoms with Gasteiger partial charge in [-0.15, -0.1) is 0 Å². The van der Waals surface area contributed by atoms with Crippen LogP contribution in [0.5, 0.6) is 11.5 Å². The first kappa shape index (κ1) is 18.2. The number of phenolic OH excluding ortho intramolecular Hbond substituents is 1. The molecule has 1 heterocycles. The molecule has 3 rings (SSSR count). The highest BCUT2D eigenvalue weighted by Gasteiger charge is 2.28. The van der Waals surface area contributed by atoms with Crippen LogP contribution in [-0.4, -0.2) is 43.9 Å². The molecule has 0 bridgehead atoms. The van der Waals surface area contributed by atoms with Crippen LogP contribution in [0.2, 0.25) is 0 Å². The molecular formula is C18H20N2O5S. The quantitative estimate of drug-likeness (QED) is 0.836. The molecule has 2 N–H and O–H groups in total. The molecule has 0 saturated carbocycles. The first-order valence-corrected chi connectivity index (χ1v) is 9.64. The number of rotatable bonds is 5. The van der Waals surface area contributed by atoms with E-state index in [2.05, 4.69) is 5.32 Å². The maximum Gasteiger partial charge on any atom is 0.259 e. The molecule has 0 aliphatic carbocycles. The van der Waals surface area contributed by atoms with Crippen molar-refractivity contribution < 1.29 is 23.1 Å². The molecule has 138 valence electrons. The fourth-order valence-electron chi connectivity index (χ4n) is 2.83. The number of nitrogens with one attached hydrogen (secondary N) is 1. The summed E-state index contributed by atoms with van der Waals surface area (Å²) in [6.07, 6.45) is 1.64. The lowest BCUT2D eigenvalue weighted by molar-refractivity contribution is 0.102. The van der Waals surface area contributed by atoms with E-state index in [0.717, 1.165) is 12.8 Å². The van der Waals surface area contributed by atoms with Gasteiger partial charge in [-0.3, -0.25) is 4.79 Å². The van der Waals surface area contributed by atoms with Crippen LogP contribution in [0.4, 0.5) is 5.69 Å². The van der Waals surface area contributed by atoms with Crippen molar-refractivity contribution in [3.05, 3.63) is 48.0 Å². The number of phenols is 1. The minimum Gasteiger partial charge on any atom is -0.507 e. The minimum atomic E-state index is -3.67. The third kappa shape index (κ3) is 3.66. The first-order chi connectivity index (χ1) is 12.4. The van der Waals surface area contributed by atoms with Gasteiger partial charge in [-0.25, -0.2) is 8.42 Å². The van der Waals surface area contributed by atoms with Crippen LogP contribution in [0, 0.1) is 0 Å². The van der Waals surface area contributed by atoms with Crippen molar-refractivity contribution in [1.29, 1.82) is 0 Å². The molecule has 8 heteroatoms. The monoisotopic (exact) mass is 376 g/mol. The summed E-state index contributed by atoms with van der Waals surface area (Å²) in [5, 5.41) is 12.7. The number of hydrogen-bond donors (Lipinski definition) is 2. The average molecular weight is 376 g/mol. The summed E-state index contributed by atoms with van der Waals surface area (Å²) in [4.78, 5) is 12.5. The Balaban J connectivity index is 1.88. The number of ether oxygens (including phenoxy) is 1. The molecule has 2 aromatic rings. The number of nitrogens with zero attached hydrogens (tertiary/aromatic N) is 1. The molecule has 7 nitrogen and oxygen atoms in total. The Kier molecular flexibility index (Phi) is 5.15. The van der Waals surface area contributed by atoms with Crippen LogP contribution in [-0.2, 0) is 10.0 Å². The maximum atomic E-state index is 12.7. The van der Waals surface area contributed by atoms with E-state index in [1.807, 2.05) is 0 Å². The highest BCUT2D eigenvalue weighted by Crippen LogP contribution is 2.27. The SMILES string of the molecule is COc1cccc(NC(=O)c2cc(S(=O)(=O)N3CCCC3)ccc2O)c1. The fraction of sp³-hybridized carbons (Fsp3) is 0.278. The Morgan fingerprint density at radius 3 is 2.58 bits per heavy atom. The highest BCUT2D eigenvalue weighted by molar-refractivity contribution is 7.89. The van der Waals surface area contributed by atoms with Crippen LogP contribution in [0.25, 0.3) is 0 Å². The summed E-state index contributed by atoms with van der Waals surface area (Å²) in [6.45, 7) is 0.934. The van der Waals surface area contributed by atoms with Gasteiger partial charge in [-0.2, -0.15) is 4.31 Å². The topological polar surface area (TPSA) is 95.9 Å². The van der Waals surface area contributed by atoms with Crippen LogP contribution < -0.4 is 10.1 Å². The number of anilines is 1. The Labute approximate surface area is 152 Å². The summed E-state index contributed by atoms with van der Waals surface area (Å²) >= 11 is 0. The Morgan fingerprint density at radius 1 is 1.15 bits per heavy atom. The van der Waals surface area contributed by atoms with Gasteiger partial charge in [0.25, 0.3) is 5.91 Å². The summed E-state index contributed by atoms with van der Waals surface area (Å²) < 4.78 is 31.8. The van der Waals surface area contributed by atoms with Crippen molar-refractivity contribution in [2.24, 2.45) is 0 Å². The second-order valence-corrected chi connectivity index (χ2v) is 7.91. The summed E-state index contributed by atoms with van der Waals surface area (Å²) in [7, 11) is -2.16. The standard InChI is InChI=1S/C18H20N2O5S/c1-25-14-6-4-5-13(11-14)19-18(22)16-12-15(7-8-17(16)21)26(23,24)20-9-2-3-10-20/h4-8,11-12,21H,2-3,9-10H2,1H3,(H,19,22). The lowest BCUT2D eigenvalue weighted by atomic mass is 10.2. The van der Waals surface area contributed by atoms with Crippen molar-refractivity contribution in [3.8, 4) is 11.5 Å². The number of amides is 1. The molecule has 1 aliphatic rings. The second kappa shape index (κ2) is 7.35. The van der Waals surface area contributed by atoms with Gasteiger partial charge in [0, 0.05) is 24.8 Å². The number of benzene rings is 2. The molecule has 0 unspecified atom stereocenters. The number of carbonyl (C=O) groups excluding carboxylic acids is 1. The van der Waals surface area contributed by atoms with E-state index in [0.29, 0.717) is 24.5 Å². The molecule has 1 aliphatic heterocycles. The van der Waals surface area contributed by atoms with Gasteiger partial charge in [-0.05, 0) is 43.2 Å². The number of sulfonamides is 1. The molecule has 1 fully saturated rings. The van der Waals surface area contributed by atoms with E-state index in [4.69, 9.17) is 4.74 Å². The number of methoxy groups -OCH3 is 1. The number of carbonyl (C=O) groups is 1. The zero-order valence-corrected chi connectivity index (χ0v) is 15.1. The zero-order valence-electron chi connectivity index (χ0n) is 14.3. The molecule has 1 amide bonds. The van der Waals surface area contributed by atoms with Gasteiger partial charge in [0.1, 0.15) is 11.5 Å². The first-order valence-electron chi connectivity index (χ1n) is 8.20. The molecule has 0 spiro atoms. The normalized spacial score (nSPS) is 15.0. The van der Waals surface area contributed by atoms with E-state index in [9.17, 15) is 18.3 Å². The lowest BCUT2D eigenvalue weighted by Crippen LogP contribution is -2.28. The van der Waals surface area contributed by atoms with Gasteiger partial charge >= 0.3 is 0 Å². The van der Waals surface area contributed by atoms with E-state index < -0.39 is 15.9 Å². The number of aromatic hydroxyl groups is 1. The third-order valence-electron chi connectivity index (χ3n) is 4.24. The van der Waals surface area contributed by atoms with Crippen LogP contribution in [0.1, 0.15) is 23.2 Å². The van der Waals surface area contributed by atoms with E-state index in [1.54, 1.807) is 24.3 Å². The van der Waals surface area contributed by atoms with Crippen molar-refractivity contribution in [1.82, 2.24) is 4.31 Å². The lowest BCUT2D eigenvalue weighted by Gasteiger charge is -2.16. The molecule has 0 aromatic heterocycles. The van der Waals surface area contributed by atoms with Gasteiger partial charge in [0.05, 0.1) is 17.6 Å². The van der Waals surface area contributed by atoms with Gasteiger partial charge in [-0.1, -0.05) is 6.07 Å². The fourth-order valence-corrected chi connectivity index (χ4v) is 4.38. The summed E-state index contributed by atoms with van der Waals surface area (Å²) in [5.74, 6) is -0.322. The van der Waals surface area contributed by atoms with Crippen molar-refractivity contribution in [2.75, 3.05) is 25.5 Å². The highest BCUT2D eigenvalue weighted by atomic mass is 32.2. The Hall–Kier alpha value is -2.58. The predicted molar refractivity (Wildman–Crippen MR) is 97.0 cm³/mol. The molecular weight excluding hydrogens is 356 g/mol. The predicted octanol–water partition coefficient (Wildman–Crippen LogP) is 2.44. The van der Waals surface area contributed by atoms with E-state index in [-0.39, 0.29) is 16.2 Å². The molecule has 26 heavy (non-hydrogen) atoms. The third-order valence-corrected chi connectivity index (χ3v) is 6.14. The Morgan fingerprint density at radius 2 is 1.88 bits per heavy atom. The Bertz CT molecular complexity index is 921. The smallest absolute Gasteiger partial charge is 0.259 e. The van der Waals surface area contributed by atoms with Crippen molar-refractivity contribution in [3.63, 3.8) is 0 Å². The van der Waals surface area contributed by atoms with Gasteiger partial charge < -0.3 is 15.2 Å². The molecule has 1 saturated heterocycles. The van der Waals surface area contributed by atoms with Gasteiger partial charge in [0.15, 0.2) is 0 Å².